The summed E-state index contributed by atoms with van der Waals surface area (Å²) in [6.07, 6.45) is 0. The molecule has 0 atom stereocenters. The standard InChI is InChI=1S/C16H14ClNO4/c17-13-5-1-11(2-6-13)9-18-15(20)10-22-16(21)12-3-7-14(19)8-4-12/h1-8,19H,9-10H2,(H,18,20). The van der Waals surface area contributed by atoms with Gasteiger partial charge in [0, 0.05) is 11.6 Å². The fraction of sp³-hybridized carbons (Fsp3) is 0.125. The van der Waals surface area contributed by atoms with Crippen LogP contribution < -0.4 is 5.32 Å². The van der Waals surface area contributed by atoms with Gasteiger partial charge in [0.05, 0.1) is 5.56 Å². The zero-order chi connectivity index (χ0) is 15.9. The molecule has 2 aromatic rings. The van der Waals surface area contributed by atoms with Crippen LogP contribution in [0.1, 0.15) is 15.9 Å². The lowest BCUT2D eigenvalue weighted by molar-refractivity contribution is -0.124. The molecular formula is C16H14ClNO4. The molecule has 0 bridgehead atoms. The molecule has 22 heavy (non-hydrogen) atoms. The van der Waals surface area contributed by atoms with Crippen molar-refractivity contribution in [2.45, 2.75) is 6.54 Å². The first kappa shape index (κ1) is 15.9. The number of amides is 1. The molecule has 0 unspecified atom stereocenters. The number of phenolic OH excluding ortho intramolecular Hbond substituents is 1. The predicted octanol–water partition coefficient (Wildman–Crippen LogP) is 2.52. The predicted molar refractivity (Wildman–Crippen MR) is 81.7 cm³/mol. The lowest BCUT2D eigenvalue weighted by atomic mass is 10.2. The number of benzene rings is 2. The molecule has 1 amide bonds. The molecule has 0 radical (unpaired) electrons. The molecule has 114 valence electrons. The zero-order valence-corrected chi connectivity index (χ0v) is 12.3. The molecule has 0 fully saturated rings. The number of hydrogen-bond acceptors (Lipinski definition) is 4. The Hall–Kier alpha value is -2.53. The monoisotopic (exact) mass is 319 g/mol. The van der Waals surface area contributed by atoms with Gasteiger partial charge in [-0.2, -0.15) is 0 Å². The van der Waals surface area contributed by atoms with E-state index >= 15 is 0 Å². The van der Waals surface area contributed by atoms with E-state index in [0.29, 0.717) is 11.6 Å². The van der Waals surface area contributed by atoms with E-state index in [2.05, 4.69) is 5.32 Å². The maximum Gasteiger partial charge on any atom is 0.338 e. The molecule has 0 aliphatic heterocycles. The number of rotatable bonds is 5. The Morgan fingerprint density at radius 3 is 2.32 bits per heavy atom. The van der Waals surface area contributed by atoms with Gasteiger partial charge in [0.25, 0.3) is 5.91 Å². The Morgan fingerprint density at radius 2 is 1.68 bits per heavy atom. The van der Waals surface area contributed by atoms with Gasteiger partial charge in [-0.3, -0.25) is 4.79 Å². The Kier molecular flexibility index (Phi) is 5.38. The van der Waals surface area contributed by atoms with Gasteiger partial charge in [0.2, 0.25) is 0 Å². The van der Waals surface area contributed by atoms with Crippen LogP contribution in [-0.4, -0.2) is 23.6 Å². The first-order valence-electron chi connectivity index (χ1n) is 6.52. The largest absolute Gasteiger partial charge is 0.508 e. The summed E-state index contributed by atoms with van der Waals surface area (Å²) < 4.78 is 4.88. The molecule has 2 rings (SSSR count). The number of carbonyl (C=O) groups excluding carboxylic acids is 2. The molecule has 2 N–H and O–H groups in total. The fourth-order valence-electron chi connectivity index (χ4n) is 1.67. The van der Waals surface area contributed by atoms with Crippen LogP contribution in [-0.2, 0) is 16.1 Å². The quantitative estimate of drug-likeness (QED) is 0.830. The summed E-state index contributed by atoms with van der Waals surface area (Å²) in [5, 5.41) is 12.4. The van der Waals surface area contributed by atoms with Gasteiger partial charge in [-0.15, -0.1) is 0 Å². The van der Waals surface area contributed by atoms with Crippen LogP contribution in [0.25, 0.3) is 0 Å². The molecule has 0 aliphatic carbocycles. The van der Waals surface area contributed by atoms with Crippen molar-refractivity contribution < 1.29 is 19.4 Å². The topological polar surface area (TPSA) is 75.6 Å². The highest BCUT2D eigenvalue weighted by Gasteiger charge is 2.10. The molecule has 5 nitrogen and oxygen atoms in total. The van der Waals surface area contributed by atoms with Gasteiger partial charge in [0.1, 0.15) is 5.75 Å². The van der Waals surface area contributed by atoms with Crippen LogP contribution in [0.3, 0.4) is 0 Å². The van der Waals surface area contributed by atoms with Crippen molar-refractivity contribution in [2.75, 3.05) is 6.61 Å². The molecule has 6 heteroatoms. The Labute approximate surface area is 132 Å². The third-order valence-electron chi connectivity index (χ3n) is 2.84. The molecule has 0 aliphatic rings. The van der Waals surface area contributed by atoms with Crippen LogP contribution in [0, 0.1) is 0 Å². The Bertz CT molecular complexity index is 653. The lowest BCUT2D eigenvalue weighted by Gasteiger charge is -2.07. The molecular weight excluding hydrogens is 306 g/mol. The van der Waals surface area contributed by atoms with Crippen molar-refractivity contribution in [3.8, 4) is 5.75 Å². The van der Waals surface area contributed by atoms with Crippen molar-refractivity contribution in [1.29, 1.82) is 0 Å². The van der Waals surface area contributed by atoms with Crippen molar-refractivity contribution in [2.24, 2.45) is 0 Å². The lowest BCUT2D eigenvalue weighted by Crippen LogP contribution is -2.28. The SMILES string of the molecule is O=C(COC(=O)c1ccc(O)cc1)NCc1ccc(Cl)cc1. The minimum atomic E-state index is -0.623. The van der Waals surface area contributed by atoms with E-state index in [1.807, 2.05) is 0 Å². The number of esters is 1. The fourth-order valence-corrected chi connectivity index (χ4v) is 1.79. The summed E-state index contributed by atoms with van der Waals surface area (Å²) in [4.78, 5) is 23.3. The van der Waals surface area contributed by atoms with E-state index in [-0.39, 0.29) is 17.9 Å². The number of halogens is 1. The van der Waals surface area contributed by atoms with Gasteiger partial charge < -0.3 is 15.2 Å². The molecule has 0 aromatic heterocycles. The van der Waals surface area contributed by atoms with E-state index in [1.54, 1.807) is 24.3 Å². The summed E-state index contributed by atoms with van der Waals surface area (Å²) in [5.41, 5.74) is 1.16. The summed E-state index contributed by atoms with van der Waals surface area (Å²) in [6.45, 7) is -0.0416. The molecule has 0 heterocycles. The minimum absolute atomic E-state index is 0.0530. The van der Waals surface area contributed by atoms with Crippen LogP contribution in [0.5, 0.6) is 5.75 Å². The third kappa shape index (κ3) is 4.79. The van der Waals surface area contributed by atoms with Gasteiger partial charge >= 0.3 is 5.97 Å². The maximum absolute atomic E-state index is 11.7. The van der Waals surface area contributed by atoms with Crippen molar-refractivity contribution in [3.63, 3.8) is 0 Å². The van der Waals surface area contributed by atoms with Crippen LogP contribution in [0.2, 0.25) is 5.02 Å². The highest BCUT2D eigenvalue weighted by molar-refractivity contribution is 6.30. The van der Waals surface area contributed by atoms with Gasteiger partial charge in [-0.05, 0) is 42.0 Å². The van der Waals surface area contributed by atoms with Crippen LogP contribution in [0.15, 0.2) is 48.5 Å². The smallest absolute Gasteiger partial charge is 0.338 e. The average Bonchev–Trinajstić information content (AvgIpc) is 2.52. The first-order chi connectivity index (χ1) is 10.5. The Morgan fingerprint density at radius 1 is 1.05 bits per heavy atom. The number of hydrogen-bond donors (Lipinski definition) is 2. The van der Waals surface area contributed by atoms with Crippen molar-refractivity contribution >= 4 is 23.5 Å². The van der Waals surface area contributed by atoms with Crippen LogP contribution >= 0.6 is 11.6 Å². The normalized spacial score (nSPS) is 10.0. The number of carbonyl (C=O) groups is 2. The van der Waals surface area contributed by atoms with Gasteiger partial charge in [0.15, 0.2) is 6.61 Å². The third-order valence-corrected chi connectivity index (χ3v) is 3.09. The summed E-state index contributed by atoms with van der Waals surface area (Å²) in [7, 11) is 0. The summed E-state index contributed by atoms with van der Waals surface area (Å²) in [5.74, 6) is -0.971. The molecule has 0 saturated carbocycles. The van der Waals surface area contributed by atoms with Gasteiger partial charge in [-0.1, -0.05) is 23.7 Å². The number of phenols is 1. The average molecular weight is 320 g/mol. The number of aromatic hydroxyl groups is 1. The van der Waals surface area contributed by atoms with E-state index in [0.717, 1.165) is 5.56 Å². The minimum Gasteiger partial charge on any atom is -0.508 e. The Balaban J connectivity index is 1.76. The van der Waals surface area contributed by atoms with Crippen LogP contribution in [0.4, 0.5) is 0 Å². The summed E-state index contributed by atoms with van der Waals surface area (Å²) in [6, 6.07) is 12.6. The first-order valence-corrected chi connectivity index (χ1v) is 6.89. The zero-order valence-electron chi connectivity index (χ0n) is 11.6. The maximum atomic E-state index is 11.7. The second-order valence-corrected chi connectivity index (χ2v) is 4.96. The highest BCUT2D eigenvalue weighted by atomic mass is 35.5. The van der Waals surface area contributed by atoms with Gasteiger partial charge in [-0.25, -0.2) is 4.79 Å². The second kappa shape index (κ2) is 7.47. The van der Waals surface area contributed by atoms with E-state index in [9.17, 15) is 9.59 Å². The molecule has 0 spiro atoms. The number of ether oxygens (including phenoxy) is 1. The van der Waals surface area contributed by atoms with E-state index < -0.39 is 11.9 Å². The second-order valence-electron chi connectivity index (χ2n) is 4.53. The molecule has 2 aromatic carbocycles. The van der Waals surface area contributed by atoms with Crippen molar-refractivity contribution in [1.82, 2.24) is 5.32 Å². The van der Waals surface area contributed by atoms with E-state index in [1.165, 1.54) is 24.3 Å². The van der Waals surface area contributed by atoms with Crippen molar-refractivity contribution in [3.05, 3.63) is 64.7 Å². The van der Waals surface area contributed by atoms with E-state index in [4.69, 9.17) is 21.4 Å². The molecule has 0 saturated heterocycles. The summed E-state index contributed by atoms with van der Waals surface area (Å²) >= 11 is 5.77. The highest BCUT2D eigenvalue weighted by Crippen LogP contribution is 2.11. The number of nitrogens with one attached hydrogen (secondary N) is 1.